The van der Waals surface area contributed by atoms with Gasteiger partial charge in [-0.05, 0) is 59.7 Å². The molecule has 0 aliphatic rings. The van der Waals surface area contributed by atoms with Gasteiger partial charge in [-0.3, -0.25) is 0 Å². The second kappa shape index (κ2) is 10.2. The number of rotatable bonds is 9. The van der Waals surface area contributed by atoms with Crippen molar-refractivity contribution in [3.8, 4) is 16.9 Å². The molecule has 0 aliphatic heterocycles. The average molecular weight is 458 g/mol. The summed E-state index contributed by atoms with van der Waals surface area (Å²) in [6.07, 6.45) is 5.38. The number of benzene rings is 3. The van der Waals surface area contributed by atoms with E-state index in [9.17, 15) is 30.7 Å². The molecule has 1 nitrogen and oxygen atoms in total. The van der Waals surface area contributed by atoms with E-state index in [4.69, 9.17) is 0 Å². The zero-order valence-corrected chi connectivity index (χ0v) is 17.3. The van der Waals surface area contributed by atoms with Crippen molar-refractivity contribution in [3.05, 3.63) is 65.0 Å². The molecule has 0 radical (unpaired) electrons. The topological polar surface area (TPSA) is 9.23 Å². The molecular weight excluding hydrogens is 437 g/mol. The van der Waals surface area contributed by atoms with Crippen molar-refractivity contribution < 1.29 is 35.5 Å². The van der Waals surface area contributed by atoms with Gasteiger partial charge in [0.15, 0.2) is 17.4 Å². The molecule has 172 valence electrons. The predicted octanol–water partition coefficient (Wildman–Crippen LogP) is 8.32. The number of aryl methyl sites for hydroxylation is 1. The second-order valence-electron chi connectivity index (χ2n) is 7.53. The van der Waals surface area contributed by atoms with Crippen molar-refractivity contribution in [2.75, 3.05) is 0 Å². The van der Waals surface area contributed by atoms with E-state index in [-0.39, 0.29) is 5.56 Å². The molecule has 0 heterocycles. The molecule has 0 aromatic heterocycles. The molecule has 3 rings (SSSR count). The Bertz CT molecular complexity index is 1090. The minimum absolute atomic E-state index is 0.277. The highest BCUT2D eigenvalue weighted by Crippen LogP contribution is 2.37. The molecule has 0 N–H and O–H groups in total. The van der Waals surface area contributed by atoms with Gasteiger partial charge in [0.25, 0.3) is 0 Å². The van der Waals surface area contributed by atoms with E-state index < -0.39 is 57.8 Å². The van der Waals surface area contributed by atoms with Gasteiger partial charge in [-0.1, -0.05) is 32.6 Å². The molecule has 0 amide bonds. The molecule has 8 heteroatoms. The van der Waals surface area contributed by atoms with E-state index in [1.807, 2.05) is 0 Å². The number of hydrogen-bond donors (Lipinski definition) is 0. The Kier molecular flexibility index (Phi) is 7.64. The maximum atomic E-state index is 14.7. The summed E-state index contributed by atoms with van der Waals surface area (Å²) in [4.78, 5) is 0. The Balaban J connectivity index is 1.97. The third kappa shape index (κ3) is 5.16. The number of hydrogen-bond acceptors (Lipinski definition) is 1. The van der Waals surface area contributed by atoms with Crippen LogP contribution in [0.1, 0.15) is 44.6 Å². The third-order valence-corrected chi connectivity index (χ3v) is 5.21. The number of fused-ring (bicyclic) bond motifs is 1. The maximum Gasteiger partial charge on any atom is 0.387 e. The van der Waals surface area contributed by atoms with Crippen LogP contribution < -0.4 is 4.74 Å². The average Bonchev–Trinajstić information content (AvgIpc) is 2.70. The van der Waals surface area contributed by atoms with E-state index in [1.165, 1.54) is 0 Å². The Morgan fingerprint density at radius 2 is 1.41 bits per heavy atom. The zero-order chi connectivity index (χ0) is 23.4. The number of ether oxygens (including phenoxy) is 1. The van der Waals surface area contributed by atoms with Gasteiger partial charge in [-0.15, -0.1) is 0 Å². The summed E-state index contributed by atoms with van der Waals surface area (Å²) in [6, 6.07) is 4.54. The standard InChI is InChI=1S/C24H21F7O/c1-2-3-4-5-6-7-13-8-16(25)20(17(26)9-13)14-10-15-12-19(28)23(32-24(30)31)22(29)21(15)18(27)11-14/h8-12,24H,2-7H2,1H3. The van der Waals surface area contributed by atoms with Crippen LogP contribution in [0.3, 0.4) is 0 Å². The summed E-state index contributed by atoms with van der Waals surface area (Å²) in [6.45, 7) is -1.44. The fourth-order valence-corrected chi connectivity index (χ4v) is 3.71. The van der Waals surface area contributed by atoms with Gasteiger partial charge in [-0.2, -0.15) is 8.78 Å². The van der Waals surface area contributed by atoms with Crippen LogP contribution in [-0.4, -0.2) is 6.61 Å². The molecule has 0 saturated carbocycles. The van der Waals surface area contributed by atoms with Crippen LogP contribution >= 0.6 is 0 Å². The van der Waals surface area contributed by atoms with Crippen LogP contribution in [0, 0.1) is 29.1 Å². The summed E-state index contributed by atoms with van der Waals surface area (Å²) in [7, 11) is 0. The molecular formula is C24H21F7O. The lowest BCUT2D eigenvalue weighted by molar-refractivity contribution is -0.0544. The minimum atomic E-state index is -3.52. The van der Waals surface area contributed by atoms with E-state index in [1.54, 1.807) is 0 Å². The molecule has 0 saturated heterocycles. The largest absolute Gasteiger partial charge is 0.429 e. The van der Waals surface area contributed by atoms with Crippen molar-refractivity contribution in [2.45, 2.75) is 52.1 Å². The van der Waals surface area contributed by atoms with Gasteiger partial charge >= 0.3 is 6.61 Å². The lowest BCUT2D eigenvalue weighted by Gasteiger charge is -2.13. The summed E-state index contributed by atoms with van der Waals surface area (Å²) in [5.74, 6) is -7.76. The monoisotopic (exact) mass is 458 g/mol. The van der Waals surface area contributed by atoms with E-state index >= 15 is 0 Å². The van der Waals surface area contributed by atoms with Crippen LogP contribution in [0.4, 0.5) is 30.7 Å². The van der Waals surface area contributed by atoms with Gasteiger partial charge in [0.1, 0.15) is 17.5 Å². The molecule has 3 aromatic rings. The molecule has 0 unspecified atom stereocenters. The first kappa shape index (κ1) is 23.9. The lowest BCUT2D eigenvalue weighted by atomic mass is 9.96. The quantitative estimate of drug-likeness (QED) is 0.231. The molecule has 0 spiro atoms. The van der Waals surface area contributed by atoms with Gasteiger partial charge < -0.3 is 4.74 Å². The van der Waals surface area contributed by atoms with Crippen molar-refractivity contribution in [3.63, 3.8) is 0 Å². The normalized spacial score (nSPS) is 11.5. The van der Waals surface area contributed by atoms with Crippen LogP contribution in [0.2, 0.25) is 0 Å². The van der Waals surface area contributed by atoms with Crippen molar-refractivity contribution in [1.82, 2.24) is 0 Å². The molecule has 3 aromatic carbocycles. The minimum Gasteiger partial charge on any atom is -0.429 e. The van der Waals surface area contributed by atoms with Crippen LogP contribution in [-0.2, 0) is 6.42 Å². The second-order valence-corrected chi connectivity index (χ2v) is 7.53. The zero-order valence-electron chi connectivity index (χ0n) is 17.3. The molecule has 0 fully saturated rings. The Hall–Kier alpha value is -2.77. The lowest BCUT2D eigenvalue weighted by Crippen LogP contribution is -2.06. The first-order valence-corrected chi connectivity index (χ1v) is 10.3. The van der Waals surface area contributed by atoms with Gasteiger partial charge in [0.05, 0.1) is 10.9 Å². The Morgan fingerprint density at radius 1 is 0.750 bits per heavy atom. The van der Waals surface area contributed by atoms with Crippen LogP contribution in [0.5, 0.6) is 5.75 Å². The summed E-state index contributed by atoms with van der Waals surface area (Å²) in [5, 5.41) is -1.22. The number of alkyl halides is 2. The Morgan fingerprint density at radius 3 is 2.03 bits per heavy atom. The van der Waals surface area contributed by atoms with Crippen molar-refractivity contribution >= 4 is 10.8 Å². The number of unbranched alkanes of at least 4 members (excludes halogenated alkanes) is 4. The van der Waals surface area contributed by atoms with Gasteiger partial charge in [-0.25, -0.2) is 22.0 Å². The SMILES string of the molecule is CCCCCCCc1cc(F)c(-c2cc(F)c3c(F)c(OC(F)F)c(F)cc3c2)c(F)c1. The van der Waals surface area contributed by atoms with Gasteiger partial charge in [0, 0.05) is 0 Å². The third-order valence-electron chi connectivity index (χ3n) is 5.21. The smallest absolute Gasteiger partial charge is 0.387 e. The summed E-state index contributed by atoms with van der Waals surface area (Å²) >= 11 is 0. The van der Waals surface area contributed by atoms with Crippen LogP contribution in [0.25, 0.3) is 21.9 Å². The molecule has 0 bridgehead atoms. The predicted molar refractivity (Wildman–Crippen MR) is 108 cm³/mol. The first-order chi connectivity index (χ1) is 15.2. The summed E-state index contributed by atoms with van der Waals surface area (Å²) in [5.41, 5.74) is -0.373. The van der Waals surface area contributed by atoms with Gasteiger partial charge in [0.2, 0.25) is 0 Å². The highest BCUT2D eigenvalue weighted by molar-refractivity contribution is 5.90. The van der Waals surface area contributed by atoms with Crippen molar-refractivity contribution in [1.29, 1.82) is 0 Å². The maximum absolute atomic E-state index is 14.7. The molecule has 32 heavy (non-hydrogen) atoms. The highest BCUT2D eigenvalue weighted by atomic mass is 19.3. The summed E-state index contributed by atoms with van der Waals surface area (Å²) < 4.78 is 101. The van der Waals surface area contributed by atoms with E-state index in [0.717, 1.165) is 50.3 Å². The molecule has 0 atom stereocenters. The van der Waals surface area contributed by atoms with Crippen LogP contribution in [0.15, 0.2) is 30.3 Å². The Labute approximate surface area is 180 Å². The highest BCUT2D eigenvalue weighted by Gasteiger charge is 2.23. The van der Waals surface area contributed by atoms with E-state index in [0.29, 0.717) is 24.1 Å². The van der Waals surface area contributed by atoms with E-state index in [2.05, 4.69) is 11.7 Å². The molecule has 0 aliphatic carbocycles. The first-order valence-electron chi connectivity index (χ1n) is 10.3. The fraction of sp³-hybridized carbons (Fsp3) is 0.333. The fourth-order valence-electron chi connectivity index (χ4n) is 3.71. The number of halogens is 7. The van der Waals surface area contributed by atoms with Crippen molar-refractivity contribution in [2.24, 2.45) is 0 Å².